The van der Waals surface area contributed by atoms with E-state index in [1.54, 1.807) is 18.3 Å². The van der Waals surface area contributed by atoms with Crippen LogP contribution < -0.4 is 10.6 Å². The second-order valence-electron chi connectivity index (χ2n) is 30.0. The third-order valence-corrected chi connectivity index (χ3v) is 33.8. The van der Waals surface area contributed by atoms with Gasteiger partial charge in [-0.2, -0.15) is 0 Å². The van der Waals surface area contributed by atoms with Crippen LogP contribution in [0.25, 0.3) is 0 Å². The van der Waals surface area contributed by atoms with Gasteiger partial charge < -0.3 is 22.9 Å². The minimum atomic E-state index is -2.71. The molecule has 12 atom stereocenters. The summed E-state index contributed by atoms with van der Waals surface area (Å²) in [4.78, 5) is 12.0. The average molecular weight is 1140 g/mol. The molecule has 2 aromatic carbocycles. The average Bonchev–Trinajstić information content (AvgIpc) is 4.14. The van der Waals surface area contributed by atoms with Crippen molar-refractivity contribution < 1.29 is 27.7 Å². The van der Waals surface area contributed by atoms with Crippen molar-refractivity contribution in [2.45, 2.75) is 234 Å². The van der Waals surface area contributed by atoms with E-state index in [1.165, 1.54) is 63.4 Å². The molecule has 0 bridgehead atoms. The quantitative estimate of drug-likeness (QED) is 0.101. The van der Waals surface area contributed by atoms with Crippen LogP contribution >= 0.6 is 7.14 Å². The van der Waals surface area contributed by atoms with Gasteiger partial charge in [0, 0.05) is 68.8 Å². The molecule has 6 aliphatic carbocycles. The van der Waals surface area contributed by atoms with Crippen LogP contribution in [0.2, 0.25) is 36.3 Å². The van der Waals surface area contributed by atoms with Crippen molar-refractivity contribution in [3.8, 4) is 0 Å². The van der Waals surface area contributed by atoms with E-state index < -0.39 is 23.8 Å². The van der Waals surface area contributed by atoms with Gasteiger partial charge in [0.15, 0.2) is 16.6 Å². The summed E-state index contributed by atoms with van der Waals surface area (Å²) in [5.74, 6) is 5.73. The van der Waals surface area contributed by atoms with Crippen LogP contribution in [0.1, 0.15) is 186 Å². The lowest BCUT2D eigenvalue weighted by molar-refractivity contribution is -0.130. The number of benzene rings is 2. The summed E-state index contributed by atoms with van der Waals surface area (Å²) in [6.45, 7) is 39.6. The smallest absolute Gasteiger partial charge is 0.192 e. The number of ketones is 1. The second-order valence-corrected chi connectivity index (χ2v) is 42.4. The van der Waals surface area contributed by atoms with Crippen LogP contribution in [0, 0.1) is 58.2 Å². The van der Waals surface area contributed by atoms with Gasteiger partial charge in [0.25, 0.3) is 0 Å². The number of allylic oxidation sites excluding steroid dienone is 4. The molecule has 0 aliphatic heterocycles. The van der Waals surface area contributed by atoms with Gasteiger partial charge in [-0.3, -0.25) is 4.79 Å². The largest absolute Gasteiger partial charge is 0.414 e. The highest BCUT2D eigenvalue weighted by atomic mass is 31.2. The first kappa shape index (κ1) is 66.0. The molecule has 0 saturated heterocycles. The van der Waals surface area contributed by atoms with Gasteiger partial charge >= 0.3 is 0 Å². The maximum Gasteiger partial charge on any atom is 0.192 e. The Morgan fingerprint density at radius 1 is 0.620 bits per heavy atom. The molecule has 0 amide bonds. The van der Waals surface area contributed by atoms with Gasteiger partial charge in [-0.1, -0.05) is 179 Å². The van der Waals surface area contributed by atoms with Crippen molar-refractivity contribution in [2.24, 2.45) is 58.2 Å². The van der Waals surface area contributed by atoms with Crippen molar-refractivity contribution in [3.05, 3.63) is 95.6 Å². The first-order valence-electron chi connectivity index (χ1n) is 31.6. The van der Waals surface area contributed by atoms with Crippen LogP contribution in [-0.4, -0.2) is 68.2 Å². The molecule has 0 spiro atoms. The fourth-order valence-electron chi connectivity index (χ4n) is 15.6. The number of fused-ring (bicyclic) bond motifs is 2. The summed E-state index contributed by atoms with van der Waals surface area (Å²) in [5.41, 5.74) is 5.50. The monoisotopic (exact) mass is 1140 g/mol. The van der Waals surface area contributed by atoms with E-state index in [4.69, 9.17) is 18.3 Å². The van der Waals surface area contributed by atoms with Gasteiger partial charge in [0.1, 0.15) is 12.9 Å². The van der Waals surface area contributed by atoms with Crippen molar-refractivity contribution >= 4 is 40.2 Å². The van der Waals surface area contributed by atoms with Crippen LogP contribution in [0.4, 0.5) is 0 Å². The molecule has 6 aliphatic rings. The molecule has 6 nitrogen and oxygen atoms in total. The van der Waals surface area contributed by atoms with Crippen LogP contribution in [0.5, 0.6) is 0 Å². The van der Waals surface area contributed by atoms with Crippen LogP contribution in [0.15, 0.2) is 95.6 Å². The topological polar surface area (TPSA) is 71.1 Å². The fourth-order valence-corrected chi connectivity index (χ4v) is 20.9. The van der Waals surface area contributed by atoms with Crippen molar-refractivity contribution in [1.82, 2.24) is 0 Å². The molecule has 6 fully saturated rings. The Bertz CT molecular complexity index is 2350. The molecule has 9 heteroatoms. The van der Waals surface area contributed by atoms with E-state index in [0.29, 0.717) is 53.1 Å². The summed E-state index contributed by atoms with van der Waals surface area (Å²) in [5, 5.41) is 2.38. The standard InChI is InChI=1S/C29H52O2Si.C27H39O2PSi.C14H24O2/c1-21-17-23(19-25(18-21)31-32(8,9)28(3,4)5)12-13-24-11-10-16-29(6)26(14-15-27(24)29)22(2)20-30-7;1-22-19-23(21-24(20-22)29-31(5,6)27(2,3)4)17-18-30(28,25-13-9-7-10-14-25)26-15-11-8-12-16-26;1-10(9-16-3)11-6-7-12-13(15)5-4-8-14(11,12)2/h12-13,21-22,25-27H,10-11,14-20H2,1-9H3;7-17,22,24H,18-21H2,1-6H3;10-12H,4-9H2,1-3H3/b23-12-,24-13+;23-17-;/t21-,22-,25+,26?,27+,29-;22-,24+;10-,11?,12+,14-/m111/s1. The highest BCUT2D eigenvalue weighted by molar-refractivity contribution is 7.78. The predicted octanol–water partition coefficient (Wildman–Crippen LogP) is 18.7. The predicted molar refractivity (Wildman–Crippen MR) is 342 cm³/mol. The van der Waals surface area contributed by atoms with Gasteiger partial charge in [0.05, 0.1) is 0 Å². The number of rotatable bonds is 15. The molecule has 8 rings (SSSR count). The lowest BCUT2D eigenvalue weighted by Gasteiger charge is -2.44. The molecule has 6 saturated carbocycles. The Kier molecular flexibility index (Phi) is 23.1. The Balaban J connectivity index is 0.000000202. The van der Waals surface area contributed by atoms with Gasteiger partial charge in [0.2, 0.25) is 0 Å². The molecule has 0 heterocycles. The zero-order valence-corrected chi connectivity index (χ0v) is 56.5. The first-order chi connectivity index (χ1) is 37.0. The van der Waals surface area contributed by atoms with E-state index in [2.05, 4.69) is 128 Å². The molecule has 444 valence electrons. The van der Waals surface area contributed by atoms with E-state index in [-0.39, 0.29) is 21.6 Å². The van der Waals surface area contributed by atoms with E-state index in [0.717, 1.165) is 86.5 Å². The number of carbonyl (C=O) groups excluding carboxylic acids is 1. The Morgan fingerprint density at radius 3 is 1.52 bits per heavy atom. The SMILES string of the molecule is COC[C@@H](C)C1CC[C@H]2/C(=C/C=C3/C[C@@H](C)C[C@H](O[Si](C)(C)C(C)(C)C)C3)CCC[C@]12C.COC[C@@H](C)C1CC[C@H]2C(=O)CCC[C@]12C.C[C@@H]1C/C(=C/CP(=O)(c2ccccc2)c2ccccc2)C[C@@H](O[Si](C)(C)C(C)(C)C)C1. The minimum Gasteiger partial charge on any atom is -0.414 e. The molecular weight excluding hydrogens is 1020 g/mol. The lowest BCUT2D eigenvalue weighted by Crippen LogP contribution is -2.45. The molecule has 0 radical (unpaired) electrons. The number of carbonyl (C=O) groups is 1. The number of hydrogen-bond acceptors (Lipinski definition) is 6. The lowest BCUT2D eigenvalue weighted by atomic mass is 9.61. The number of Topliss-reactive ketones (excluding diaryl/α,β-unsaturated/α-hetero) is 1. The molecule has 2 aromatic rings. The summed E-state index contributed by atoms with van der Waals surface area (Å²) < 4.78 is 38.8. The first-order valence-corrected chi connectivity index (χ1v) is 39.3. The van der Waals surface area contributed by atoms with Crippen LogP contribution in [-0.2, 0) is 27.7 Å². The summed E-state index contributed by atoms with van der Waals surface area (Å²) in [6, 6.07) is 20.0. The van der Waals surface area contributed by atoms with E-state index in [1.807, 2.05) is 67.8 Å². The van der Waals surface area contributed by atoms with E-state index >= 15 is 0 Å². The zero-order valence-electron chi connectivity index (χ0n) is 53.6. The normalized spacial score (nSPS) is 32.1. The van der Waals surface area contributed by atoms with Crippen molar-refractivity contribution in [2.75, 3.05) is 33.6 Å². The molecule has 79 heavy (non-hydrogen) atoms. The Morgan fingerprint density at radius 2 is 1.05 bits per heavy atom. The number of methoxy groups -OCH3 is 2. The van der Waals surface area contributed by atoms with Crippen molar-refractivity contribution in [1.29, 1.82) is 0 Å². The maximum atomic E-state index is 14.3. The fraction of sp³-hybridized carbons (Fsp3) is 0.729. The van der Waals surface area contributed by atoms with E-state index in [9.17, 15) is 9.36 Å². The third kappa shape index (κ3) is 16.4. The Labute approximate surface area is 486 Å². The van der Waals surface area contributed by atoms with Gasteiger partial charge in [-0.15, -0.1) is 0 Å². The summed E-state index contributed by atoms with van der Waals surface area (Å²) >= 11 is 0. The van der Waals surface area contributed by atoms with Crippen molar-refractivity contribution in [3.63, 3.8) is 0 Å². The molecule has 2 unspecified atom stereocenters. The number of ether oxygens (including phenoxy) is 2. The molecular formula is C70H115O6PSi2. The van der Waals surface area contributed by atoms with Gasteiger partial charge in [-0.05, 0) is 185 Å². The Hall–Kier alpha value is -2.17. The third-order valence-electron chi connectivity index (χ3n) is 21.8. The van der Waals surface area contributed by atoms with Crippen LogP contribution in [0.3, 0.4) is 0 Å². The summed E-state index contributed by atoms with van der Waals surface area (Å²) in [6.07, 6.45) is 27.7. The highest BCUT2D eigenvalue weighted by Crippen LogP contribution is 2.60. The summed E-state index contributed by atoms with van der Waals surface area (Å²) in [7, 11) is -2.58. The molecule has 0 N–H and O–H groups in total. The highest BCUT2D eigenvalue weighted by Gasteiger charge is 2.53. The maximum absolute atomic E-state index is 14.3. The number of hydrogen-bond donors (Lipinski definition) is 0. The minimum absolute atomic E-state index is 0.216. The zero-order chi connectivity index (χ0) is 58.2. The second kappa shape index (κ2) is 27.7. The molecule has 0 aromatic heterocycles. The van der Waals surface area contributed by atoms with Gasteiger partial charge in [-0.25, -0.2) is 0 Å².